The first-order chi connectivity index (χ1) is 6.32. The van der Waals surface area contributed by atoms with Crippen LogP contribution in [0.1, 0.15) is 0 Å². The summed E-state index contributed by atoms with van der Waals surface area (Å²) in [5.74, 6) is -1.12. The number of aliphatic carboxylic acids is 1. The number of ether oxygens (including phenoxy) is 1. The monoisotopic (exact) mass is 208 g/mol. The normalized spacial score (nSPS) is 14.4. The lowest BCUT2D eigenvalue weighted by Crippen LogP contribution is -2.53. The van der Waals surface area contributed by atoms with Crippen LogP contribution < -0.4 is 0 Å². The number of aliphatic hydroxyl groups is 2. The minimum absolute atomic E-state index is 0.0613. The van der Waals surface area contributed by atoms with Gasteiger partial charge in [0.15, 0.2) is 0 Å². The lowest BCUT2D eigenvalue weighted by atomic mass is 10.4. The molecular formula is C8H18NO5+. The Morgan fingerprint density at radius 1 is 1.29 bits per heavy atom. The molecule has 0 saturated carbocycles. The summed E-state index contributed by atoms with van der Waals surface area (Å²) in [6.07, 6.45) is -1.95. The van der Waals surface area contributed by atoms with E-state index in [1.165, 1.54) is 0 Å². The first kappa shape index (κ1) is 13.3. The Bertz CT molecular complexity index is 185. The zero-order valence-electron chi connectivity index (χ0n) is 8.67. The number of likely N-dealkylation sites (N-methyl/N-ethyl adjacent to an activating group) is 1. The second-order valence-electron chi connectivity index (χ2n) is 3.93. The van der Waals surface area contributed by atoms with E-state index in [2.05, 4.69) is 0 Å². The molecule has 0 aliphatic rings. The fraction of sp³-hybridized carbons (Fsp3) is 0.875. The van der Waals surface area contributed by atoms with E-state index in [4.69, 9.17) is 20.1 Å². The van der Waals surface area contributed by atoms with E-state index in [0.29, 0.717) is 0 Å². The van der Waals surface area contributed by atoms with Crippen LogP contribution in [0.2, 0.25) is 0 Å². The maximum atomic E-state index is 10.8. The molecule has 0 rings (SSSR count). The topological polar surface area (TPSA) is 87.0 Å². The van der Waals surface area contributed by atoms with Crippen LogP contribution in [0.3, 0.4) is 0 Å². The number of hydrogen-bond donors (Lipinski definition) is 3. The van der Waals surface area contributed by atoms with Crippen LogP contribution in [0, 0.1) is 0 Å². The summed E-state index contributed by atoms with van der Waals surface area (Å²) >= 11 is 0. The summed E-state index contributed by atoms with van der Waals surface area (Å²) in [6.45, 7) is -0.805. The fourth-order valence-electron chi connectivity index (χ4n) is 0.898. The highest BCUT2D eigenvalue weighted by Gasteiger charge is 2.34. The summed E-state index contributed by atoms with van der Waals surface area (Å²) in [5.41, 5.74) is 0. The Hall–Kier alpha value is -0.690. The van der Waals surface area contributed by atoms with E-state index in [0.717, 1.165) is 0 Å². The lowest BCUT2D eigenvalue weighted by Gasteiger charge is -2.32. The lowest BCUT2D eigenvalue weighted by molar-refractivity contribution is -0.911. The van der Waals surface area contributed by atoms with E-state index in [1.54, 1.807) is 21.1 Å². The molecule has 0 aliphatic carbocycles. The van der Waals surface area contributed by atoms with Crippen molar-refractivity contribution < 1.29 is 29.3 Å². The van der Waals surface area contributed by atoms with Crippen molar-refractivity contribution in [3.63, 3.8) is 0 Å². The van der Waals surface area contributed by atoms with E-state index in [9.17, 15) is 4.79 Å². The molecule has 1 unspecified atom stereocenters. The molecule has 3 N–H and O–H groups in total. The number of rotatable bonds is 6. The molecule has 6 nitrogen and oxygen atoms in total. The highest BCUT2D eigenvalue weighted by atomic mass is 16.6. The molecule has 0 aromatic heterocycles. The van der Waals surface area contributed by atoms with Gasteiger partial charge in [-0.3, -0.25) is 4.48 Å². The van der Waals surface area contributed by atoms with Gasteiger partial charge in [0.1, 0.15) is 6.10 Å². The van der Waals surface area contributed by atoms with Gasteiger partial charge in [-0.1, -0.05) is 0 Å². The SMILES string of the molecule is C[N+](C)(C)C(OC(CO)CO)C(=O)O. The summed E-state index contributed by atoms with van der Waals surface area (Å²) in [7, 11) is 4.97. The highest BCUT2D eigenvalue weighted by molar-refractivity contribution is 5.70. The van der Waals surface area contributed by atoms with Gasteiger partial charge in [-0.05, 0) is 0 Å². The van der Waals surface area contributed by atoms with Gasteiger partial charge >= 0.3 is 5.97 Å². The van der Waals surface area contributed by atoms with Crippen molar-refractivity contribution in [2.24, 2.45) is 0 Å². The third-order valence-corrected chi connectivity index (χ3v) is 1.64. The molecule has 0 radical (unpaired) electrons. The van der Waals surface area contributed by atoms with Crippen LogP contribution in [-0.4, -0.2) is 72.5 Å². The van der Waals surface area contributed by atoms with Gasteiger partial charge in [-0.15, -0.1) is 0 Å². The molecule has 0 bridgehead atoms. The van der Waals surface area contributed by atoms with E-state index < -0.39 is 31.5 Å². The van der Waals surface area contributed by atoms with Crippen LogP contribution in [-0.2, 0) is 9.53 Å². The average Bonchev–Trinajstić information content (AvgIpc) is 2.03. The molecule has 0 spiro atoms. The number of carboxylic acids is 1. The van der Waals surface area contributed by atoms with Crippen LogP contribution >= 0.6 is 0 Å². The molecule has 0 aromatic carbocycles. The Kier molecular flexibility index (Phi) is 5.00. The summed E-state index contributed by atoms with van der Waals surface area (Å²) in [4.78, 5) is 10.8. The van der Waals surface area contributed by atoms with Gasteiger partial charge in [-0.2, -0.15) is 0 Å². The number of carboxylic acid groups (broad SMARTS) is 1. The molecule has 6 heteroatoms. The average molecular weight is 208 g/mol. The van der Waals surface area contributed by atoms with E-state index in [-0.39, 0.29) is 4.48 Å². The maximum absolute atomic E-state index is 10.8. The molecule has 0 saturated heterocycles. The van der Waals surface area contributed by atoms with Crippen LogP contribution in [0.15, 0.2) is 0 Å². The molecule has 0 aliphatic heterocycles. The zero-order chi connectivity index (χ0) is 11.4. The quantitative estimate of drug-likeness (QED) is 0.364. The third-order valence-electron chi connectivity index (χ3n) is 1.64. The highest BCUT2D eigenvalue weighted by Crippen LogP contribution is 2.08. The van der Waals surface area contributed by atoms with Crippen molar-refractivity contribution in [1.29, 1.82) is 0 Å². The van der Waals surface area contributed by atoms with Crippen LogP contribution in [0.25, 0.3) is 0 Å². The summed E-state index contributed by atoms with van der Waals surface area (Å²) in [5, 5.41) is 26.3. The Morgan fingerprint density at radius 3 is 1.93 bits per heavy atom. The first-order valence-electron chi connectivity index (χ1n) is 4.24. The van der Waals surface area contributed by atoms with E-state index in [1.807, 2.05) is 0 Å². The number of hydrogen-bond acceptors (Lipinski definition) is 4. The second-order valence-corrected chi connectivity index (χ2v) is 3.93. The fourth-order valence-corrected chi connectivity index (χ4v) is 0.898. The van der Waals surface area contributed by atoms with Crippen LogP contribution in [0.5, 0.6) is 0 Å². The molecule has 0 amide bonds. The van der Waals surface area contributed by atoms with Crippen molar-refractivity contribution in [3.8, 4) is 0 Å². The number of carbonyl (C=O) groups is 1. The maximum Gasteiger partial charge on any atom is 0.392 e. The molecule has 0 fully saturated rings. The van der Waals surface area contributed by atoms with Gasteiger partial charge in [0, 0.05) is 0 Å². The third kappa shape index (κ3) is 4.01. The van der Waals surface area contributed by atoms with Crippen molar-refractivity contribution in [1.82, 2.24) is 0 Å². The number of quaternary nitrogens is 1. The van der Waals surface area contributed by atoms with Crippen molar-refractivity contribution in [2.75, 3.05) is 34.4 Å². The largest absolute Gasteiger partial charge is 0.475 e. The molecule has 0 heterocycles. The Balaban J connectivity index is 4.45. The van der Waals surface area contributed by atoms with Gasteiger partial charge in [-0.25, -0.2) is 4.79 Å². The summed E-state index contributed by atoms with van der Waals surface area (Å²) in [6, 6.07) is 0. The van der Waals surface area contributed by atoms with Gasteiger partial charge in [0.25, 0.3) is 6.23 Å². The molecular weight excluding hydrogens is 190 g/mol. The Morgan fingerprint density at radius 2 is 1.71 bits per heavy atom. The first-order valence-corrected chi connectivity index (χ1v) is 4.24. The molecule has 0 aromatic rings. The zero-order valence-corrected chi connectivity index (χ0v) is 8.67. The minimum atomic E-state index is -1.12. The molecule has 84 valence electrons. The Labute approximate surface area is 82.9 Å². The smallest absolute Gasteiger partial charge is 0.392 e. The van der Waals surface area contributed by atoms with Gasteiger partial charge in [0.2, 0.25) is 0 Å². The predicted molar refractivity (Wildman–Crippen MR) is 48.5 cm³/mol. The minimum Gasteiger partial charge on any atom is -0.475 e. The summed E-state index contributed by atoms with van der Waals surface area (Å²) < 4.78 is 5.11. The molecule has 1 atom stereocenters. The standard InChI is InChI=1S/C8H17NO5/c1-9(2,3)7(8(12)13)14-6(4-10)5-11/h6-7,10-11H,4-5H2,1-3H3/p+1. The predicted octanol–water partition coefficient (Wildman–Crippen LogP) is -1.53. The van der Waals surface area contributed by atoms with Crippen molar-refractivity contribution in [2.45, 2.75) is 12.3 Å². The van der Waals surface area contributed by atoms with Crippen molar-refractivity contribution >= 4 is 5.97 Å². The van der Waals surface area contributed by atoms with Gasteiger partial charge in [0.05, 0.1) is 34.4 Å². The number of aliphatic hydroxyl groups excluding tert-OH is 2. The second kappa shape index (κ2) is 5.26. The van der Waals surface area contributed by atoms with Crippen LogP contribution in [0.4, 0.5) is 0 Å². The number of nitrogens with zero attached hydrogens (tertiary/aromatic N) is 1. The van der Waals surface area contributed by atoms with Crippen molar-refractivity contribution in [3.05, 3.63) is 0 Å². The molecule has 14 heavy (non-hydrogen) atoms. The van der Waals surface area contributed by atoms with E-state index >= 15 is 0 Å². The van der Waals surface area contributed by atoms with Gasteiger partial charge < -0.3 is 20.1 Å².